The highest BCUT2D eigenvalue weighted by Crippen LogP contribution is 2.31. The van der Waals surface area contributed by atoms with Crippen molar-refractivity contribution in [1.29, 1.82) is 0 Å². The van der Waals surface area contributed by atoms with Crippen molar-refractivity contribution in [2.45, 2.75) is 51.4 Å². The number of hydrogen-bond acceptors (Lipinski definition) is 5. The number of nitrogens with one attached hydrogen (secondary N) is 2. The number of piperazine rings is 1. The molecular formula is C20H26F4N4O3. The van der Waals surface area contributed by atoms with E-state index in [0.717, 1.165) is 12.5 Å². The van der Waals surface area contributed by atoms with Gasteiger partial charge >= 0.3 is 6.61 Å². The lowest BCUT2D eigenvalue weighted by Gasteiger charge is -2.34. The average Bonchev–Trinajstić information content (AvgIpc) is 3.16. The number of alkyl halides is 2. The normalized spacial score (nSPS) is 21.5. The van der Waals surface area contributed by atoms with Crippen molar-refractivity contribution in [3.05, 3.63) is 23.8 Å². The first-order valence-corrected chi connectivity index (χ1v) is 9.94. The number of carbonyl (C=O) groups is 2. The molecule has 1 aromatic carbocycles. The molecule has 1 aromatic rings. The smallest absolute Gasteiger partial charge is 0.387 e. The quantitative estimate of drug-likeness (QED) is 0.629. The van der Waals surface area contributed by atoms with Crippen LogP contribution in [0.3, 0.4) is 0 Å². The van der Waals surface area contributed by atoms with E-state index in [1.54, 1.807) is 0 Å². The van der Waals surface area contributed by atoms with E-state index >= 15 is 0 Å². The molecule has 11 heteroatoms. The Labute approximate surface area is 177 Å². The standard InChI is InChI=1S/C20H26F4N4O3/c1-20(2,3)26-17(30)10-28-8-12-6-13(28)7-27(12)9-16(29)25-11-4-14(21)18(22)15(5-11)31-19(23)24/h4-5,12-13,19H,6-10H2,1-3H3,(H,25,29)(H,26,30)/t12-,13-/m0/s1. The SMILES string of the molecule is CC(C)(C)NC(=O)CN1C[C@@H]2C[C@H]1CN2CC(=O)Nc1cc(F)c(F)c(OC(F)F)c1. The zero-order valence-corrected chi connectivity index (χ0v) is 17.6. The van der Waals surface area contributed by atoms with Crippen molar-refractivity contribution in [1.82, 2.24) is 15.1 Å². The minimum Gasteiger partial charge on any atom is -0.431 e. The van der Waals surface area contributed by atoms with Crippen molar-refractivity contribution < 1.29 is 31.9 Å². The minimum absolute atomic E-state index is 0.00717. The lowest BCUT2D eigenvalue weighted by molar-refractivity contribution is -0.124. The Morgan fingerprint density at radius 2 is 1.68 bits per heavy atom. The molecule has 0 unspecified atom stereocenters. The Morgan fingerprint density at radius 3 is 2.19 bits per heavy atom. The summed E-state index contributed by atoms with van der Waals surface area (Å²) in [5.41, 5.74) is -0.482. The molecule has 0 radical (unpaired) electrons. The number of amides is 2. The molecule has 2 N–H and O–H groups in total. The van der Waals surface area contributed by atoms with E-state index in [4.69, 9.17) is 0 Å². The van der Waals surface area contributed by atoms with Gasteiger partial charge in [0.25, 0.3) is 0 Å². The number of rotatable bonds is 7. The number of benzene rings is 1. The molecule has 2 heterocycles. The number of nitrogens with zero attached hydrogens (tertiary/aromatic N) is 2. The Bertz CT molecular complexity index is 846. The molecule has 2 fully saturated rings. The van der Waals surface area contributed by atoms with Gasteiger partial charge < -0.3 is 15.4 Å². The number of fused-ring (bicyclic) bond motifs is 2. The van der Waals surface area contributed by atoms with Gasteiger partial charge in [-0.2, -0.15) is 13.2 Å². The van der Waals surface area contributed by atoms with Gasteiger partial charge in [-0.15, -0.1) is 0 Å². The summed E-state index contributed by atoms with van der Waals surface area (Å²) in [5.74, 6) is -4.47. The first-order valence-electron chi connectivity index (χ1n) is 9.94. The van der Waals surface area contributed by atoms with Gasteiger partial charge in [0.05, 0.1) is 13.1 Å². The molecule has 2 aliphatic rings. The van der Waals surface area contributed by atoms with Gasteiger partial charge in [-0.05, 0) is 27.2 Å². The molecule has 0 aromatic heterocycles. The third-order valence-corrected chi connectivity index (χ3v) is 5.17. The summed E-state index contributed by atoms with van der Waals surface area (Å²) in [6.45, 7) is 3.96. The fraction of sp³-hybridized carbons (Fsp3) is 0.600. The Kier molecular flexibility index (Phi) is 6.75. The van der Waals surface area contributed by atoms with Gasteiger partial charge in [0.2, 0.25) is 17.6 Å². The fourth-order valence-corrected chi connectivity index (χ4v) is 4.06. The Hall–Kier alpha value is -2.40. The molecule has 2 atom stereocenters. The molecule has 172 valence electrons. The van der Waals surface area contributed by atoms with Crippen molar-refractivity contribution in [2.24, 2.45) is 0 Å². The minimum atomic E-state index is -3.33. The van der Waals surface area contributed by atoms with E-state index in [2.05, 4.69) is 20.3 Å². The van der Waals surface area contributed by atoms with Crippen LogP contribution in [0.1, 0.15) is 27.2 Å². The summed E-state index contributed by atoms with van der Waals surface area (Å²) in [7, 11) is 0. The van der Waals surface area contributed by atoms with Gasteiger partial charge in [0.1, 0.15) is 0 Å². The van der Waals surface area contributed by atoms with Gasteiger partial charge in [0, 0.05) is 48.5 Å². The molecule has 0 saturated carbocycles. The summed E-state index contributed by atoms with van der Waals surface area (Å²) >= 11 is 0. The number of hydrogen-bond donors (Lipinski definition) is 2. The molecule has 0 spiro atoms. The van der Waals surface area contributed by atoms with Crippen molar-refractivity contribution >= 4 is 17.5 Å². The van der Waals surface area contributed by atoms with Gasteiger partial charge in [-0.3, -0.25) is 19.4 Å². The number of halogens is 4. The number of ether oxygens (including phenoxy) is 1. The topological polar surface area (TPSA) is 73.9 Å². The molecule has 2 aliphatic heterocycles. The molecule has 2 bridgehead atoms. The average molecular weight is 446 g/mol. The second-order valence-corrected chi connectivity index (χ2v) is 8.90. The van der Waals surface area contributed by atoms with E-state index in [-0.39, 0.29) is 35.8 Å². The lowest BCUT2D eigenvalue weighted by Crippen LogP contribution is -2.52. The van der Waals surface area contributed by atoms with Crippen LogP contribution < -0.4 is 15.4 Å². The highest BCUT2D eigenvalue weighted by atomic mass is 19.3. The molecule has 3 rings (SSSR count). The van der Waals surface area contributed by atoms with Gasteiger partial charge in [-0.25, -0.2) is 4.39 Å². The highest BCUT2D eigenvalue weighted by molar-refractivity contribution is 5.92. The fourth-order valence-electron chi connectivity index (χ4n) is 4.06. The molecule has 31 heavy (non-hydrogen) atoms. The van der Waals surface area contributed by atoms with Crippen LogP contribution in [0.4, 0.5) is 23.2 Å². The van der Waals surface area contributed by atoms with Crippen LogP contribution in [0.2, 0.25) is 0 Å². The second-order valence-electron chi connectivity index (χ2n) is 8.90. The summed E-state index contributed by atoms with van der Waals surface area (Å²) in [6, 6.07) is 1.77. The molecular weight excluding hydrogens is 420 g/mol. The molecule has 2 amide bonds. The number of carbonyl (C=O) groups excluding carboxylic acids is 2. The van der Waals surface area contributed by atoms with Crippen LogP contribution in [-0.4, -0.2) is 72.0 Å². The molecule has 0 aliphatic carbocycles. The summed E-state index contributed by atoms with van der Waals surface area (Å²) in [4.78, 5) is 28.5. The maximum atomic E-state index is 13.6. The zero-order chi connectivity index (χ0) is 22.9. The van der Waals surface area contributed by atoms with E-state index in [0.29, 0.717) is 25.7 Å². The second kappa shape index (κ2) is 8.99. The van der Waals surface area contributed by atoms with Crippen LogP contribution in [0, 0.1) is 11.6 Å². The first kappa shape index (κ1) is 23.3. The van der Waals surface area contributed by atoms with Crippen LogP contribution >= 0.6 is 0 Å². The predicted octanol–water partition coefficient (Wildman–Crippen LogP) is 2.18. The Morgan fingerprint density at radius 1 is 1.10 bits per heavy atom. The van der Waals surface area contributed by atoms with Crippen LogP contribution in [0.5, 0.6) is 5.75 Å². The van der Waals surface area contributed by atoms with E-state index in [1.807, 2.05) is 25.7 Å². The number of anilines is 1. The maximum absolute atomic E-state index is 13.6. The van der Waals surface area contributed by atoms with Gasteiger partial charge in [0.15, 0.2) is 11.6 Å². The molecule has 7 nitrogen and oxygen atoms in total. The number of likely N-dealkylation sites (tertiary alicyclic amines) is 2. The Balaban J connectivity index is 1.52. The van der Waals surface area contributed by atoms with Gasteiger partial charge in [-0.1, -0.05) is 0 Å². The van der Waals surface area contributed by atoms with Crippen molar-refractivity contribution in [3.8, 4) is 5.75 Å². The molecule has 2 saturated heterocycles. The van der Waals surface area contributed by atoms with E-state index < -0.39 is 29.9 Å². The lowest BCUT2D eigenvalue weighted by atomic mass is 10.1. The highest BCUT2D eigenvalue weighted by Gasteiger charge is 2.44. The predicted molar refractivity (Wildman–Crippen MR) is 105 cm³/mol. The van der Waals surface area contributed by atoms with Crippen LogP contribution in [-0.2, 0) is 9.59 Å². The van der Waals surface area contributed by atoms with Crippen molar-refractivity contribution in [3.63, 3.8) is 0 Å². The summed E-state index contributed by atoms with van der Waals surface area (Å²) in [6.07, 6.45) is 0.827. The van der Waals surface area contributed by atoms with Crippen LogP contribution in [0.15, 0.2) is 12.1 Å². The monoisotopic (exact) mass is 446 g/mol. The first-order chi connectivity index (χ1) is 14.4. The van der Waals surface area contributed by atoms with E-state index in [9.17, 15) is 27.2 Å². The third-order valence-electron chi connectivity index (χ3n) is 5.17. The zero-order valence-electron chi connectivity index (χ0n) is 17.6. The van der Waals surface area contributed by atoms with Crippen LogP contribution in [0.25, 0.3) is 0 Å². The van der Waals surface area contributed by atoms with Crippen molar-refractivity contribution in [2.75, 3.05) is 31.5 Å². The van der Waals surface area contributed by atoms with E-state index in [1.165, 1.54) is 0 Å². The third kappa shape index (κ3) is 6.07. The largest absolute Gasteiger partial charge is 0.431 e. The summed E-state index contributed by atoms with van der Waals surface area (Å²) in [5, 5.41) is 5.32. The summed E-state index contributed by atoms with van der Waals surface area (Å²) < 4.78 is 55.8. The maximum Gasteiger partial charge on any atom is 0.387 e.